The van der Waals surface area contributed by atoms with Gasteiger partial charge in [0.05, 0.1) is 0 Å². The van der Waals surface area contributed by atoms with Crippen molar-refractivity contribution >= 4 is 5.97 Å². The molecule has 0 amide bonds. The van der Waals surface area contributed by atoms with E-state index in [2.05, 4.69) is 13.8 Å². The van der Waals surface area contributed by atoms with Gasteiger partial charge in [0, 0.05) is 5.57 Å². The number of rotatable bonds is 8. The zero-order chi connectivity index (χ0) is 11.5. The minimum atomic E-state index is -0.248. The summed E-state index contributed by atoms with van der Waals surface area (Å²) in [7, 11) is 0. The van der Waals surface area contributed by atoms with Crippen LogP contribution >= 0.6 is 0 Å². The number of unbranched alkanes of at least 4 members (excludes halogenated alkanes) is 3. The molecule has 0 saturated heterocycles. The lowest BCUT2D eigenvalue weighted by atomic mass is 10.1. The van der Waals surface area contributed by atoms with E-state index >= 15 is 0 Å². The van der Waals surface area contributed by atoms with E-state index in [-0.39, 0.29) is 12.7 Å². The first-order valence-electron chi connectivity index (χ1n) is 5.82. The van der Waals surface area contributed by atoms with E-state index in [4.69, 9.17) is 10.5 Å². The highest BCUT2D eigenvalue weighted by molar-refractivity contribution is 5.88. The van der Waals surface area contributed by atoms with Gasteiger partial charge >= 0.3 is 5.97 Å². The van der Waals surface area contributed by atoms with Crippen LogP contribution in [0.5, 0.6) is 0 Å². The van der Waals surface area contributed by atoms with Gasteiger partial charge in [-0.15, -0.1) is 0 Å². The van der Waals surface area contributed by atoms with Crippen molar-refractivity contribution in [2.75, 3.05) is 6.73 Å². The third-order valence-electron chi connectivity index (χ3n) is 2.22. The Kier molecular flexibility index (Phi) is 9.18. The topological polar surface area (TPSA) is 52.3 Å². The minimum absolute atomic E-state index is 0.0317. The van der Waals surface area contributed by atoms with Crippen molar-refractivity contribution in [3.05, 3.63) is 11.6 Å². The molecule has 3 nitrogen and oxygen atoms in total. The second kappa shape index (κ2) is 9.71. The number of allylic oxidation sites excluding steroid dienone is 1. The zero-order valence-electron chi connectivity index (χ0n) is 9.92. The molecule has 0 heterocycles. The molecule has 0 aliphatic carbocycles. The van der Waals surface area contributed by atoms with Crippen molar-refractivity contribution in [1.29, 1.82) is 0 Å². The van der Waals surface area contributed by atoms with Gasteiger partial charge in [0.25, 0.3) is 0 Å². The van der Waals surface area contributed by atoms with Crippen LogP contribution in [0.2, 0.25) is 0 Å². The quantitative estimate of drug-likeness (QED) is 0.292. The summed E-state index contributed by atoms with van der Waals surface area (Å²) in [4.78, 5) is 11.5. The van der Waals surface area contributed by atoms with Gasteiger partial charge in [-0.25, -0.2) is 4.79 Å². The highest BCUT2D eigenvalue weighted by Crippen LogP contribution is 2.11. The Labute approximate surface area is 92.7 Å². The monoisotopic (exact) mass is 213 g/mol. The summed E-state index contributed by atoms with van der Waals surface area (Å²) in [6, 6.07) is 0. The Morgan fingerprint density at radius 2 is 1.93 bits per heavy atom. The van der Waals surface area contributed by atoms with E-state index in [1.165, 1.54) is 0 Å². The van der Waals surface area contributed by atoms with Gasteiger partial charge in [0.15, 0.2) is 0 Å². The Morgan fingerprint density at radius 3 is 2.47 bits per heavy atom. The average molecular weight is 213 g/mol. The lowest BCUT2D eigenvalue weighted by Gasteiger charge is -2.06. The fraction of sp³-hybridized carbons (Fsp3) is 0.750. The van der Waals surface area contributed by atoms with E-state index in [9.17, 15) is 4.79 Å². The summed E-state index contributed by atoms with van der Waals surface area (Å²) in [5, 5.41) is 0. The summed E-state index contributed by atoms with van der Waals surface area (Å²) >= 11 is 0. The molecule has 88 valence electrons. The number of esters is 1. The Hall–Kier alpha value is -0.830. The standard InChI is InChI=1S/C12H23NO2/c1-3-5-7-9-11(8-6-4-2)12(14)15-10-13/h9H,3-8,10,13H2,1-2H3. The Balaban J connectivity index is 4.15. The predicted molar refractivity (Wildman–Crippen MR) is 62.3 cm³/mol. The van der Waals surface area contributed by atoms with Crippen molar-refractivity contribution in [1.82, 2.24) is 0 Å². The third kappa shape index (κ3) is 7.14. The first-order chi connectivity index (χ1) is 7.26. The number of ether oxygens (including phenoxy) is 1. The van der Waals surface area contributed by atoms with Gasteiger partial charge in [-0.3, -0.25) is 5.73 Å². The first kappa shape index (κ1) is 14.2. The van der Waals surface area contributed by atoms with Crippen LogP contribution in [0.15, 0.2) is 11.6 Å². The van der Waals surface area contributed by atoms with Crippen molar-refractivity contribution < 1.29 is 9.53 Å². The molecule has 0 aromatic heterocycles. The van der Waals surface area contributed by atoms with Crippen LogP contribution in [-0.4, -0.2) is 12.7 Å². The maximum Gasteiger partial charge on any atom is 0.334 e. The number of carbonyl (C=O) groups is 1. The third-order valence-corrected chi connectivity index (χ3v) is 2.22. The van der Waals surface area contributed by atoms with Gasteiger partial charge < -0.3 is 4.74 Å². The summed E-state index contributed by atoms with van der Waals surface area (Å²) in [6.45, 7) is 4.21. The molecule has 0 aromatic carbocycles. The van der Waals surface area contributed by atoms with Gasteiger partial charge in [0.1, 0.15) is 6.73 Å². The number of hydrogen-bond acceptors (Lipinski definition) is 3. The lowest BCUT2D eigenvalue weighted by Crippen LogP contribution is -2.14. The minimum Gasteiger partial charge on any atom is -0.447 e. The van der Waals surface area contributed by atoms with E-state index in [1.807, 2.05) is 6.08 Å². The van der Waals surface area contributed by atoms with Gasteiger partial charge in [0.2, 0.25) is 0 Å². The maximum atomic E-state index is 11.5. The molecule has 3 heteroatoms. The molecule has 0 spiro atoms. The molecule has 0 saturated carbocycles. The second-order valence-electron chi connectivity index (χ2n) is 3.57. The highest BCUT2D eigenvalue weighted by Gasteiger charge is 2.08. The van der Waals surface area contributed by atoms with Crippen molar-refractivity contribution in [2.45, 2.75) is 52.4 Å². The molecule has 0 aromatic rings. The summed E-state index contributed by atoms with van der Waals surface area (Å²) in [5.41, 5.74) is 5.97. The summed E-state index contributed by atoms with van der Waals surface area (Å²) in [6.07, 6.45) is 8.12. The van der Waals surface area contributed by atoms with Crippen LogP contribution in [-0.2, 0) is 9.53 Å². The van der Waals surface area contributed by atoms with Crippen molar-refractivity contribution in [3.63, 3.8) is 0 Å². The molecule has 0 bridgehead atoms. The largest absolute Gasteiger partial charge is 0.447 e. The average Bonchev–Trinajstić information content (AvgIpc) is 2.23. The van der Waals surface area contributed by atoms with Crippen molar-refractivity contribution in [2.24, 2.45) is 5.73 Å². The van der Waals surface area contributed by atoms with E-state index in [0.717, 1.165) is 44.1 Å². The molecule has 0 unspecified atom stereocenters. The zero-order valence-corrected chi connectivity index (χ0v) is 9.92. The van der Waals surface area contributed by atoms with Crippen LogP contribution in [0.25, 0.3) is 0 Å². The fourth-order valence-corrected chi connectivity index (χ4v) is 1.30. The van der Waals surface area contributed by atoms with Crippen LogP contribution in [0.1, 0.15) is 52.4 Å². The molecule has 0 aliphatic rings. The molecule has 15 heavy (non-hydrogen) atoms. The van der Waals surface area contributed by atoms with E-state index in [0.29, 0.717) is 0 Å². The SMILES string of the molecule is CCCCC=C(CCCC)C(=O)OCN. The summed E-state index contributed by atoms with van der Waals surface area (Å²) < 4.78 is 4.80. The predicted octanol–water partition coefficient (Wildman–Crippen LogP) is 2.75. The maximum absolute atomic E-state index is 11.5. The van der Waals surface area contributed by atoms with Gasteiger partial charge in [-0.2, -0.15) is 0 Å². The van der Waals surface area contributed by atoms with Crippen LogP contribution in [0.4, 0.5) is 0 Å². The second-order valence-corrected chi connectivity index (χ2v) is 3.57. The first-order valence-corrected chi connectivity index (χ1v) is 5.82. The molecular formula is C12H23NO2. The molecule has 0 radical (unpaired) electrons. The fourth-order valence-electron chi connectivity index (χ4n) is 1.30. The molecule has 0 rings (SSSR count). The Bertz CT molecular complexity index is 200. The molecule has 0 fully saturated rings. The normalized spacial score (nSPS) is 11.5. The molecular weight excluding hydrogens is 190 g/mol. The Morgan fingerprint density at radius 1 is 1.27 bits per heavy atom. The lowest BCUT2D eigenvalue weighted by molar-refractivity contribution is -0.139. The molecule has 0 aliphatic heterocycles. The van der Waals surface area contributed by atoms with Crippen LogP contribution in [0, 0.1) is 0 Å². The molecule has 2 N–H and O–H groups in total. The van der Waals surface area contributed by atoms with Crippen LogP contribution < -0.4 is 5.73 Å². The van der Waals surface area contributed by atoms with E-state index in [1.54, 1.807) is 0 Å². The van der Waals surface area contributed by atoms with Gasteiger partial charge in [-0.05, 0) is 19.3 Å². The smallest absolute Gasteiger partial charge is 0.334 e. The molecule has 0 atom stereocenters. The number of carbonyl (C=O) groups excluding carboxylic acids is 1. The highest BCUT2D eigenvalue weighted by atomic mass is 16.5. The van der Waals surface area contributed by atoms with Crippen molar-refractivity contribution in [3.8, 4) is 0 Å². The number of hydrogen-bond donors (Lipinski definition) is 1. The van der Waals surface area contributed by atoms with Crippen LogP contribution in [0.3, 0.4) is 0 Å². The van der Waals surface area contributed by atoms with Gasteiger partial charge in [-0.1, -0.05) is 39.2 Å². The number of nitrogens with two attached hydrogens (primary N) is 1. The summed E-state index contributed by atoms with van der Waals surface area (Å²) in [5.74, 6) is -0.248. The van der Waals surface area contributed by atoms with E-state index < -0.39 is 0 Å².